The maximum absolute atomic E-state index is 2.29. The summed E-state index contributed by atoms with van der Waals surface area (Å²) in [6, 6.07) is 0. The molecule has 0 aromatic heterocycles. The van der Waals surface area contributed by atoms with E-state index < -0.39 is 0 Å². The molecule has 0 spiro atoms. The summed E-state index contributed by atoms with van der Waals surface area (Å²) in [6.45, 7) is 9.09. The zero-order valence-corrected chi connectivity index (χ0v) is 9.35. The van der Waals surface area contributed by atoms with Crippen LogP contribution in [0.1, 0.15) is 27.7 Å². The molecular weight excluding hydrogens is 215 g/mol. The fourth-order valence-corrected chi connectivity index (χ4v) is 4.78. The molecule has 0 nitrogen and oxygen atoms in total. The minimum absolute atomic E-state index is 0.201. The van der Waals surface area contributed by atoms with Crippen LogP contribution in [-0.4, -0.2) is 21.1 Å². The molecule has 0 N–H and O–H groups in total. The average molecular weight is 227 g/mol. The van der Waals surface area contributed by atoms with Gasteiger partial charge in [-0.25, -0.2) is 0 Å². The molecule has 0 saturated heterocycles. The van der Waals surface area contributed by atoms with Crippen LogP contribution >= 0.6 is 0 Å². The molecule has 0 saturated carbocycles. The van der Waals surface area contributed by atoms with E-state index in [0.717, 1.165) is 0 Å². The summed E-state index contributed by atoms with van der Waals surface area (Å²) < 4.78 is 3.43. The molecular formula is C8H12Sn. The standard InChI is InChI=1S/C8H12.Sn/c1-5-7(3)8(4)6-2;/h1-4H3;. The van der Waals surface area contributed by atoms with Crippen molar-refractivity contribution >= 4 is 21.1 Å². The van der Waals surface area contributed by atoms with Crippen molar-refractivity contribution in [3.8, 4) is 0 Å². The van der Waals surface area contributed by atoms with Gasteiger partial charge in [-0.1, -0.05) is 0 Å². The van der Waals surface area contributed by atoms with E-state index in [-0.39, 0.29) is 21.1 Å². The first-order valence-electron chi connectivity index (χ1n) is 3.25. The average Bonchev–Trinajstić information content (AvgIpc) is 1.98. The molecule has 0 fully saturated rings. The molecule has 1 aliphatic heterocycles. The third-order valence-corrected chi connectivity index (χ3v) is 6.34. The van der Waals surface area contributed by atoms with Crippen LogP contribution < -0.4 is 0 Å². The second kappa shape index (κ2) is 2.49. The monoisotopic (exact) mass is 228 g/mol. The molecule has 9 heavy (non-hydrogen) atoms. The van der Waals surface area contributed by atoms with Gasteiger partial charge >= 0.3 is 67.2 Å². The predicted molar refractivity (Wildman–Crippen MR) is 42.5 cm³/mol. The fourth-order valence-electron chi connectivity index (χ4n) is 1.03. The molecule has 1 heteroatoms. The maximum atomic E-state index is 2.29. The van der Waals surface area contributed by atoms with E-state index in [0.29, 0.717) is 0 Å². The van der Waals surface area contributed by atoms with E-state index in [4.69, 9.17) is 0 Å². The van der Waals surface area contributed by atoms with Gasteiger partial charge in [-0.05, 0) is 0 Å². The van der Waals surface area contributed by atoms with Crippen LogP contribution in [0.15, 0.2) is 18.3 Å². The Kier molecular flexibility index (Phi) is 2.04. The van der Waals surface area contributed by atoms with Gasteiger partial charge in [-0.3, -0.25) is 0 Å². The number of hydrogen-bond acceptors (Lipinski definition) is 0. The molecule has 1 rings (SSSR count). The molecule has 2 radical (unpaired) electrons. The molecule has 1 aliphatic rings. The summed E-state index contributed by atoms with van der Waals surface area (Å²) in [5.41, 5.74) is 3.16. The Balaban J connectivity index is 2.97. The van der Waals surface area contributed by atoms with Crippen LogP contribution in [-0.2, 0) is 0 Å². The number of hydrogen-bond donors (Lipinski definition) is 0. The molecule has 0 aromatic carbocycles. The van der Waals surface area contributed by atoms with E-state index >= 15 is 0 Å². The van der Waals surface area contributed by atoms with Crippen molar-refractivity contribution < 1.29 is 0 Å². The van der Waals surface area contributed by atoms with Crippen LogP contribution in [0.2, 0.25) is 0 Å². The Morgan fingerprint density at radius 3 is 1.22 bits per heavy atom. The quantitative estimate of drug-likeness (QED) is 0.557. The van der Waals surface area contributed by atoms with E-state index in [1.807, 2.05) is 0 Å². The number of allylic oxidation sites excluding steroid dienone is 4. The Morgan fingerprint density at radius 2 is 1.11 bits per heavy atom. The summed E-state index contributed by atoms with van der Waals surface area (Å²) in [5.74, 6) is 0. The van der Waals surface area contributed by atoms with Gasteiger partial charge in [0.05, 0.1) is 0 Å². The molecule has 0 aliphatic carbocycles. The summed E-state index contributed by atoms with van der Waals surface area (Å²) in [5, 5.41) is 0. The van der Waals surface area contributed by atoms with Crippen LogP contribution in [0.3, 0.4) is 0 Å². The normalized spacial score (nSPS) is 20.0. The van der Waals surface area contributed by atoms with Crippen molar-refractivity contribution in [3.05, 3.63) is 18.3 Å². The van der Waals surface area contributed by atoms with Crippen LogP contribution in [0, 0.1) is 0 Å². The topological polar surface area (TPSA) is 0 Å². The SMILES string of the molecule is C[C]1=C(C)C(C)=[C](C)[Sn]1. The van der Waals surface area contributed by atoms with Gasteiger partial charge in [0.1, 0.15) is 0 Å². The molecule has 48 valence electrons. The van der Waals surface area contributed by atoms with Crippen molar-refractivity contribution in [1.82, 2.24) is 0 Å². The summed E-state index contributed by atoms with van der Waals surface area (Å²) in [7, 11) is 0. The minimum atomic E-state index is -0.201. The molecule has 1 heterocycles. The Labute approximate surface area is 67.3 Å². The first kappa shape index (κ1) is 7.39. The second-order valence-corrected chi connectivity index (χ2v) is 7.62. The van der Waals surface area contributed by atoms with Gasteiger partial charge in [0.2, 0.25) is 0 Å². The zero-order chi connectivity index (χ0) is 7.02. The van der Waals surface area contributed by atoms with Gasteiger partial charge in [0.15, 0.2) is 0 Å². The molecule has 0 atom stereocenters. The molecule has 0 bridgehead atoms. The van der Waals surface area contributed by atoms with Crippen LogP contribution in [0.4, 0.5) is 0 Å². The Bertz CT molecular complexity index is 175. The number of rotatable bonds is 0. The van der Waals surface area contributed by atoms with Gasteiger partial charge in [-0.2, -0.15) is 0 Å². The molecule has 0 amide bonds. The second-order valence-electron chi connectivity index (χ2n) is 2.62. The van der Waals surface area contributed by atoms with Crippen molar-refractivity contribution in [2.24, 2.45) is 0 Å². The zero-order valence-electron chi connectivity index (χ0n) is 6.50. The predicted octanol–water partition coefficient (Wildman–Crippen LogP) is 2.29. The van der Waals surface area contributed by atoms with E-state index in [2.05, 4.69) is 27.7 Å². The van der Waals surface area contributed by atoms with Crippen molar-refractivity contribution in [2.45, 2.75) is 27.7 Å². The third kappa shape index (κ3) is 1.23. The Morgan fingerprint density at radius 1 is 0.778 bits per heavy atom. The summed E-state index contributed by atoms with van der Waals surface area (Å²) in [6.07, 6.45) is 0. The van der Waals surface area contributed by atoms with E-state index in [9.17, 15) is 0 Å². The molecule has 0 unspecified atom stereocenters. The van der Waals surface area contributed by atoms with Crippen LogP contribution in [0.5, 0.6) is 0 Å². The van der Waals surface area contributed by atoms with Gasteiger partial charge in [-0.15, -0.1) is 0 Å². The van der Waals surface area contributed by atoms with E-state index in [1.165, 1.54) is 0 Å². The van der Waals surface area contributed by atoms with Crippen molar-refractivity contribution in [3.63, 3.8) is 0 Å². The van der Waals surface area contributed by atoms with Gasteiger partial charge < -0.3 is 0 Å². The van der Waals surface area contributed by atoms with E-state index in [1.54, 1.807) is 18.3 Å². The fraction of sp³-hybridized carbons (Fsp3) is 0.500. The van der Waals surface area contributed by atoms with Gasteiger partial charge in [0.25, 0.3) is 0 Å². The summed E-state index contributed by atoms with van der Waals surface area (Å²) in [4.78, 5) is 0. The summed E-state index contributed by atoms with van der Waals surface area (Å²) >= 11 is -0.201. The van der Waals surface area contributed by atoms with Gasteiger partial charge in [0, 0.05) is 0 Å². The first-order valence-corrected chi connectivity index (χ1v) is 6.10. The van der Waals surface area contributed by atoms with Crippen molar-refractivity contribution in [2.75, 3.05) is 0 Å². The first-order chi connectivity index (χ1) is 4.13. The third-order valence-electron chi connectivity index (χ3n) is 2.06. The van der Waals surface area contributed by atoms with Crippen LogP contribution in [0.25, 0.3) is 0 Å². The Hall–Kier alpha value is 0.279. The molecule has 0 aromatic rings. The van der Waals surface area contributed by atoms with Crippen molar-refractivity contribution in [1.29, 1.82) is 0 Å².